The lowest BCUT2D eigenvalue weighted by molar-refractivity contribution is -0.117. The molecular weight excluding hydrogens is 382 g/mol. The van der Waals surface area contributed by atoms with Crippen molar-refractivity contribution < 1.29 is 14.3 Å². The average molecular weight is 418 g/mol. The van der Waals surface area contributed by atoms with Crippen LogP contribution >= 0.6 is 0 Å². The molecule has 30 heavy (non-hydrogen) atoms. The summed E-state index contributed by atoms with van der Waals surface area (Å²) in [4.78, 5) is 31.9. The molecule has 8 heteroatoms. The van der Waals surface area contributed by atoms with Gasteiger partial charge in [-0.15, -0.1) is 0 Å². The second-order valence-electron chi connectivity index (χ2n) is 8.34. The number of nitrogens with zero attached hydrogens (tertiary/aromatic N) is 3. The number of anilines is 1. The summed E-state index contributed by atoms with van der Waals surface area (Å²) in [5.41, 5.74) is 1.50. The predicted octanol–water partition coefficient (Wildman–Crippen LogP) is 2.74. The fourth-order valence-electron chi connectivity index (χ4n) is 2.99. The van der Waals surface area contributed by atoms with Gasteiger partial charge in [-0.25, -0.2) is 9.79 Å². The predicted molar refractivity (Wildman–Crippen MR) is 120 cm³/mol. The number of rotatable bonds is 7. The normalized spacial score (nSPS) is 14.6. The van der Waals surface area contributed by atoms with Crippen LogP contribution in [-0.2, 0) is 16.1 Å². The van der Waals surface area contributed by atoms with E-state index in [1.807, 2.05) is 56.9 Å². The number of aliphatic imine (C=N–C) groups is 1. The Morgan fingerprint density at radius 1 is 1.23 bits per heavy atom. The molecule has 2 rings (SSSR count). The average Bonchev–Trinajstić information content (AvgIpc) is 3.11. The fraction of sp³-hybridized carbons (Fsp3) is 0.591. The third-order valence-electron chi connectivity index (χ3n) is 4.53. The molecule has 0 atom stereocenters. The largest absolute Gasteiger partial charge is 0.444 e. The number of hydrogen-bond acceptors (Lipinski definition) is 4. The molecule has 1 aliphatic heterocycles. The van der Waals surface area contributed by atoms with Crippen molar-refractivity contribution in [1.82, 2.24) is 15.5 Å². The van der Waals surface area contributed by atoms with E-state index in [-0.39, 0.29) is 12.0 Å². The van der Waals surface area contributed by atoms with Gasteiger partial charge in [0.25, 0.3) is 0 Å². The Kier molecular flexibility index (Phi) is 8.50. The summed E-state index contributed by atoms with van der Waals surface area (Å²) >= 11 is 0. The minimum Gasteiger partial charge on any atom is -0.444 e. The minimum absolute atomic E-state index is 0.191. The number of nitrogens with one attached hydrogen (secondary N) is 2. The minimum atomic E-state index is -0.507. The summed E-state index contributed by atoms with van der Waals surface area (Å²) in [6, 6.07) is 7.96. The highest BCUT2D eigenvalue weighted by Gasteiger charge is 2.21. The smallest absolute Gasteiger partial charge is 0.410 e. The number of carbonyl (C=O) groups is 2. The van der Waals surface area contributed by atoms with Crippen LogP contribution in [0.1, 0.15) is 46.1 Å². The van der Waals surface area contributed by atoms with Crippen molar-refractivity contribution in [3.05, 3.63) is 29.8 Å². The number of carbonyl (C=O) groups excluding carboxylic acids is 2. The van der Waals surface area contributed by atoms with E-state index in [1.54, 1.807) is 11.9 Å². The summed E-state index contributed by atoms with van der Waals surface area (Å²) in [6.07, 6.45) is 1.21. The first-order chi connectivity index (χ1) is 14.2. The number of likely N-dealkylation sites (N-methyl/N-ethyl adjacent to an activating group) is 1. The van der Waals surface area contributed by atoms with E-state index in [9.17, 15) is 9.59 Å². The Balaban J connectivity index is 1.85. The molecule has 8 nitrogen and oxygen atoms in total. The van der Waals surface area contributed by atoms with Gasteiger partial charge in [0.05, 0.1) is 6.54 Å². The van der Waals surface area contributed by atoms with Crippen LogP contribution in [0, 0.1) is 0 Å². The van der Waals surface area contributed by atoms with Gasteiger partial charge < -0.3 is 25.2 Å². The van der Waals surface area contributed by atoms with E-state index in [0.717, 1.165) is 30.8 Å². The second kappa shape index (κ2) is 10.8. The van der Waals surface area contributed by atoms with Crippen LogP contribution in [0.4, 0.5) is 10.5 Å². The van der Waals surface area contributed by atoms with Crippen LogP contribution in [0.5, 0.6) is 0 Å². The van der Waals surface area contributed by atoms with Crippen molar-refractivity contribution in [2.24, 2.45) is 4.99 Å². The highest BCUT2D eigenvalue weighted by Crippen LogP contribution is 2.21. The van der Waals surface area contributed by atoms with Gasteiger partial charge in [0.15, 0.2) is 5.96 Å². The highest BCUT2D eigenvalue weighted by atomic mass is 16.6. The maximum atomic E-state index is 12.0. The Morgan fingerprint density at radius 3 is 2.50 bits per heavy atom. The topological polar surface area (TPSA) is 86.3 Å². The quantitative estimate of drug-likeness (QED) is 0.526. The number of benzene rings is 1. The Hall–Kier alpha value is -2.77. The van der Waals surface area contributed by atoms with E-state index < -0.39 is 5.60 Å². The molecule has 0 aromatic heterocycles. The van der Waals surface area contributed by atoms with Crippen LogP contribution in [0.3, 0.4) is 0 Å². The summed E-state index contributed by atoms with van der Waals surface area (Å²) in [6.45, 7) is 10.7. The number of ether oxygens (including phenoxy) is 1. The second-order valence-corrected chi connectivity index (χ2v) is 8.34. The van der Waals surface area contributed by atoms with Crippen LogP contribution in [0.25, 0.3) is 0 Å². The van der Waals surface area contributed by atoms with Crippen LogP contribution in [-0.4, -0.2) is 61.7 Å². The molecule has 0 spiro atoms. The number of amides is 2. The Labute approximate surface area is 179 Å². The van der Waals surface area contributed by atoms with E-state index >= 15 is 0 Å². The zero-order chi connectivity index (χ0) is 22.1. The molecule has 1 aliphatic rings. The number of hydrogen-bond donors (Lipinski definition) is 2. The molecule has 1 aromatic rings. The first-order valence-corrected chi connectivity index (χ1v) is 10.5. The van der Waals surface area contributed by atoms with Crippen molar-refractivity contribution in [3.63, 3.8) is 0 Å². The molecule has 1 aromatic carbocycles. The lowest BCUT2D eigenvalue weighted by Gasteiger charge is -2.24. The van der Waals surface area contributed by atoms with Crippen LogP contribution in [0.2, 0.25) is 0 Å². The van der Waals surface area contributed by atoms with E-state index in [4.69, 9.17) is 4.74 Å². The molecule has 2 amide bonds. The first kappa shape index (κ1) is 23.5. The molecule has 0 bridgehead atoms. The third-order valence-corrected chi connectivity index (χ3v) is 4.53. The van der Waals surface area contributed by atoms with Gasteiger partial charge in [0, 0.05) is 45.3 Å². The fourth-order valence-corrected chi connectivity index (χ4v) is 2.99. The molecular formula is C22H35N5O3. The summed E-state index contributed by atoms with van der Waals surface area (Å²) in [5, 5.41) is 6.45. The van der Waals surface area contributed by atoms with Crippen molar-refractivity contribution in [2.75, 3.05) is 38.1 Å². The molecule has 166 valence electrons. The Bertz CT molecular complexity index is 740. The van der Waals surface area contributed by atoms with Crippen molar-refractivity contribution in [2.45, 2.75) is 52.7 Å². The molecule has 0 unspecified atom stereocenters. The molecule has 0 saturated carbocycles. The zero-order valence-electron chi connectivity index (χ0n) is 18.8. The molecule has 1 saturated heterocycles. The lowest BCUT2D eigenvalue weighted by Crippen LogP contribution is -2.43. The van der Waals surface area contributed by atoms with E-state index in [1.165, 1.54) is 0 Å². The maximum Gasteiger partial charge on any atom is 0.410 e. The van der Waals surface area contributed by atoms with Crippen molar-refractivity contribution in [1.29, 1.82) is 0 Å². The van der Waals surface area contributed by atoms with Gasteiger partial charge >= 0.3 is 6.09 Å². The zero-order valence-corrected chi connectivity index (χ0v) is 18.8. The summed E-state index contributed by atoms with van der Waals surface area (Å²) in [5.74, 6) is 0.879. The molecule has 0 aliphatic carbocycles. The van der Waals surface area contributed by atoms with Crippen LogP contribution < -0.4 is 15.5 Å². The van der Waals surface area contributed by atoms with Gasteiger partial charge in [-0.3, -0.25) is 4.79 Å². The highest BCUT2D eigenvalue weighted by molar-refractivity contribution is 5.95. The molecule has 0 radical (unpaired) electrons. The maximum absolute atomic E-state index is 12.0. The number of guanidine groups is 1. The van der Waals surface area contributed by atoms with Gasteiger partial charge in [-0.2, -0.15) is 0 Å². The van der Waals surface area contributed by atoms with E-state index in [0.29, 0.717) is 32.0 Å². The van der Waals surface area contributed by atoms with Crippen molar-refractivity contribution in [3.8, 4) is 0 Å². The summed E-state index contributed by atoms with van der Waals surface area (Å²) < 4.78 is 5.35. The Morgan fingerprint density at radius 2 is 1.93 bits per heavy atom. The molecule has 1 heterocycles. The van der Waals surface area contributed by atoms with E-state index in [2.05, 4.69) is 15.6 Å². The summed E-state index contributed by atoms with van der Waals surface area (Å²) in [7, 11) is 1.71. The first-order valence-electron chi connectivity index (χ1n) is 10.5. The molecule has 1 fully saturated rings. The van der Waals surface area contributed by atoms with Crippen molar-refractivity contribution >= 4 is 23.6 Å². The molecule has 2 N–H and O–H groups in total. The SMILES string of the molecule is CCNC(=NCc1ccc(N2CCCC2=O)cc1)NCCN(C)C(=O)OC(C)(C)C. The van der Waals surface area contributed by atoms with Gasteiger partial charge in [-0.1, -0.05) is 12.1 Å². The van der Waals surface area contributed by atoms with Crippen LogP contribution in [0.15, 0.2) is 29.3 Å². The van der Waals surface area contributed by atoms with Gasteiger partial charge in [0.1, 0.15) is 5.60 Å². The standard InChI is InChI=1S/C22H35N5O3/c1-6-23-20(24-13-15-26(5)21(29)30-22(2,3)4)25-16-17-9-11-18(12-10-17)27-14-7-8-19(27)28/h9-12H,6-8,13-16H2,1-5H3,(H2,23,24,25). The van der Waals surface area contributed by atoms with Gasteiger partial charge in [-0.05, 0) is 51.8 Å². The lowest BCUT2D eigenvalue weighted by atomic mass is 10.2. The van der Waals surface area contributed by atoms with Gasteiger partial charge in [0.2, 0.25) is 5.91 Å². The monoisotopic (exact) mass is 417 g/mol. The third kappa shape index (κ3) is 7.57.